The molecule has 3 unspecified atom stereocenters. The number of nitrogens with two attached hydrogens (primary N) is 3. The fourth-order valence-electron chi connectivity index (χ4n) is 14.6. The number of benzene rings is 6. The second-order valence-electron chi connectivity index (χ2n) is 27.5. The minimum atomic E-state index is -3.47. The van der Waals surface area contributed by atoms with Crippen molar-refractivity contribution in [2.75, 3.05) is 44.2 Å². The van der Waals surface area contributed by atoms with E-state index in [1.54, 1.807) is 69.7 Å². The molecule has 0 aromatic heterocycles. The molecule has 572 valence electrons. The van der Waals surface area contributed by atoms with E-state index in [4.69, 9.17) is 25.6 Å². The molecule has 0 saturated heterocycles. The molecular formula is C76H93KN12O16S3. The number of anilines is 3. The molecule has 0 fully saturated rings. The number of carboxylic acid groups (broad SMARTS) is 2. The molecule has 0 saturated carbocycles. The van der Waals surface area contributed by atoms with E-state index in [-0.39, 0.29) is 141 Å². The molecule has 6 aliphatic rings. The molecule has 12 N–H and O–H groups in total. The molecule has 0 radical (unpaired) electrons. The summed E-state index contributed by atoms with van der Waals surface area (Å²) in [5.41, 5.74) is 19.4. The number of ether oxygens (including phenoxy) is 1. The monoisotopic (exact) mass is 1560 g/mol. The number of aliphatic carboxylic acids is 2. The maximum atomic E-state index is 13.1. The first-order valence-electron chi connectivity index (χ1n) is 35.5. The van der Waals surface area contributed by atoms with E-state index in [0.717, 1.165) is 183 Å². The number of carbonyl (C=O) groups is 9. The van der Waals surface area contributed by atoms with E-state index < -0.39 is 65.7 Å². The van der Waals surface area contributed by atoms with Gasteiger partial charge in [-0.3, -0.25) is 28.8 Å². The summed E-state index contributed by atoms with van der Waals surface area (Å²) in [7, 11) is -4.32. The van der Waals surface area contributed by atoms with E-state index in [1.807, 2.05) is 0 Å². The van der Waals surface area contributed by atoms with Gasteiger partial charge in [-0.2, -0.15) is 0 Å². The van der Waals surface area contributed by atoms with Gasteiger partial charge in [0, 0.05) is 77.1 Å². The predicted octanol–water partition coefficient (Wildman–Crippen LogP) is 7.18. The number of carbonyl (C=O) groups excluding carboxylic acids is 7. The first-order valence-corrected chi connectivity index (χ1v) is 40.3. The Bertz CT molecular complexity index is 4580. The fourth-order valence-corrected chi connectivity index (χ4v) is 17.4. The van der Waals surface area contributed by atoms with Crippen molar-refractivity contribution >= 4 is 101 Å². The van der Waals surface area contributed by atoms with Crippen LogP contribution < -0.4 is 82.8 Å². The summed E-state index contributed by atoms with van der Waals surface area (Å²) in [6.45, 7) is 0.812. The Labute approximate surface area is 672 Å². The van der Waals surface area contributed by atoms with Crippen LogP contribution in [0.1, 0.15) is 161 Å². The summed E-state index contributed by atoms with van der Waals surface area (Å²) in [5.74, 6) is -3.26. The van der Waals surface area contributed by atoms with Crippen molar-refractivity contribution in [3.63, 3.8) is 0 Å². The van der Waals surface area contributed by atoms with E-state index in [9.17, 15) is 55.8 Å². The SMILES string of the molecule is CN(Cc1ccc(S(N)(=O)=NC(=O)Nc2c3c(cc4c2CCC4)CCC3)cc1)C(=O)CCC(=O)O.CN(Cc1ccc(S(N)(=O)=NC(=O)Nc2c3c(cc4c2CCC4)CCC3)cc1)C(=O)CCC(=O)O.COC(=O)CCC(=O)N(C)Cc1ccc(S(N)(=O)=NC(=O)Nc2c3c(cc4c2CCC4)CCC3)cc1.[K+].[OH-]. The van der Waals surface area contributed by atoms with Crippen LogP contribution in [0.25, 0.3) is 0 Å². The standard InChI is InChI=1S/C26H32N4O5S.2C25H30N4O5S.K.H2O/c1-30(23(31)13-14-24(32)35-2)16-17-9-11-20(12-10-17)36(27,34)29-26(33)28-25-21-7-3-5-18(21)15-19-6-4-8-22(19)25;2*1-29(22(30)12-13-23(31)32)15-16-8-10-19(11-9-16)35(26,34)28-25(33)27-24-20-6-2-4-17(20)14-18-5-3-7-21(18)24;;/h9-12,15H,3-8,13-14,16H2,1-2H3,(H3,27,28,29,33,34);2*8-11,14H,2-7,12-13,15H2,1H3,(H,31,32)(H3,26,27,28,33,34);;1H2/q;;;+1;/p-1. The Morgan fingerprint density at radius 1 is 0.389 bits per heavy atom. The minimum absolute atomic E-state index is 0. The number of amides is 9. The number of nitrogens with one attached hydrogen (secondary N) is 3. The van der Waals surface area contributed by atoms with Crippen molar-refractivity contribution in [3.05, 3.63) is 174 Å². The molecule has 108 heavy (non-hydrogen) atoms. The molecule has 6 aromatic carbocycles. The molecule has 0 heterocycles. The van der Waals surface area contributed by atoms with Crippen LogP contribution in [0.15, 0.2) is 119 Å². The van der Waals surface area contributed by atoms with Crippen molar-refractivity contribution in [1.82, 2.24) is 14.7 Å². The number of carboxylic acids is 2. The number of aryl methyl sites for hydroxylation is 6. The first kappa shape index (κ1) is 85.5. The summed E-state index contributed by atoms with van der Waals surface area (Å²) < 4.78 is 55.3. The van der Waals surface area contributed by atoms with Crippen LogP contribution in [0.3, 0.4) is 0 Å². The van der Waals surface area contributed by atoms with Crippen LogP contribution >= 0.6 is 0 Å². The molecule has 0 bridgehead atoms. The number of hydrogen-bond donors (Lipinski definition) is 8. The molecular weight excluding hydrogens is 1470 g/mol. The van der Waals surface area contributed by atoms with Gasteiger partial charge in [0.15, 0.2) is 0 Å². The molecule has 6 aliphatic carbocycles. The third-order valence-corrected chi connectivity index (χ3v) is 24.1. The van der Waals surface area contributed by atoms with Crippen LogP contribution in [-0.2, 0) is 160 Å². The van der Waals surface area contributed by atoms with Gasteiger partial charge in [-0.05, 0) is 235 Å². The topological polar surface area (TPSA) is 445 Å². The quantitative estimate of drug-likeness (QED) is 0.0261. The number of hydrogen-bond acceptors (Lipinski definition) is 14. The molecule has 9 amide bonds. The molecule has 28 nitrogen and oxygen atoms in total. The van der Waals surface area contributed by atoms with Gasteiger partial charge in [0.1, 0.15) is 29.7 Å². The smallest absolute Gasteiger partial charge is 0.870 e. The molecule has 0 spiro atoms. The Balaban J connectivity index is 0.000000202. The number of rotatable bonds is 21. The van der Waals surface area contributed by atoms with Crippen LogP contribution in [0.5, 0.6) is 0 Å². The van der Waals surface area contributed by atoms with Gasteiger partial charge in [0.2, 0.25) is 17.7 Å². The molecule has 6 aromatic rings. The fraction of sp³-hybridized carbons (Fsp3) is 0.408. The number of fused-ring (bicyclic) bond motifs is 6. The first-order chi connectivity index (χ1) is 50.4. The Kier molecular flexibility index (Phi) is 30.1. The largest absolute Gasteiger partial charge is 1.00 e. The summed E-state index contributed by atoms with van der Waals surface area (Å²) >= 11 is 0. The maximum absolute atomic E-state index is 13.1. The van der Waals surface area contributed by atoms with Gasteiger partial charge in [-0.25, -0.2) is 42.4 Å². The number of urea groups is 3. The Morgan fingerprint density at radius 3 is 0.824 bits per heavy atom. The van der Waals surface area contributed by atoms with Gasteiger partial charge >= 0.3 is 87.4 Å². The van der Waals surface area contributed by atoms with Crippen LogP contribution in [0.2, 0.25) is 0 Å². The maximum Gasteiger partial charge on any atom is 1.00 e. The zero-order chi connectivity index (χ0) is 76.2. The van der Waals surface area contributed by atoms with E-state index in [0.29, 0.717) is 6.54 Å². The van der Waals surface area contributed by atoms with E-state index >= 15 is 0 Å². The van der Waals surface area contributed by atoms with Crippen molar-refractivity contribution in [3.8, 4) is 0 Å². The molecule has 3 atom stereocenters. The van der Waals surface area contributed by atoms with Crippen molar-refractivity contribution in [1.29, 1.82) is 0 Å². The molecule has 32 heteroatoms. The predicted molar refractivity (Wildman–Crippen MR) is 403 cm³/mol. The van der Waals surface area contributed by atoms with Crippen molar-refractivity contribution < 1.29 is 128 Å². The minimum Gasteiger partial charge on any atom is -0.870 e. The summed E-state index contributed by atoms with van der Waals surface area (Å²) in [6, 6.07) is 23.9. The summed E-state index contributed by atoms with van der Waals surface area (Å²) in [6.07, 6.45) is 17.3. The summed E-state index contributed by atoms with van der Waals surface area (Å²) in [4.78, 5) is 112. The Morgan fingerprint density at radius 2 is 0.611 bits per heavy atom. The van der Waals surface area contributed by atoms with Gasteiger partial charge in [0.25, 0.3) is 0 Å². The normalized spacial score (nSPS) is 15.2. The average molecular weight is 1570 g/mol. The third kappa shape index (κ3) is 22.1. The van der Waals surface area contributed by atoms with Crippen LogP contribution in [0, 0.1) is 0 Å². The third-order valence-electron chi connectivity index (χ3n) is 20.0. The van der Waals surface area contributed by atoms with Gasteiger partial charge < -0.3 is 51.1 Å². The van der Waals surface area contributed by atoms with Crippen LogP contribution in [-0.4, -0.2) is 125 Å². The van der Waals surface area contributed by atoms with Crippen LogP contribution in [0.4, 0.5) is 31.4 Å². The molecule has 0 aliphatic heterocycles. The number of esters is 1. The van der Waals surface area contributed by atoms with Gasteiger partial charge in [-0.15, -0.1) is 13.1 Å². The number of methoxy groups -OCH3 is 1. The van der Waals surface area contributed by atoms with E-state index in [1.165, 1.54) is 79.5 Å². The van der Waals surface area contributed by atoms with Gasteiger partial charge in [-0.1, -0.05) is 54.6 Å². The zero-order valence-electron chi connectivity index (χ0n) is 61.5. The Hall–Kier alpha value is -8.12. The van der Waals surface area contributed by atoms with Crippen molar-refractivity contribution in [2.45, 2.75) is 188 Å². The zero-order valence-corrected chi connectivity index (χ0v) is 67.1. The summed E-state index contributed by atoms with van der Waals surface area (Å²) in [5, 5.41) is 44.0. The van der Waals surface area contributed by atoms with E-state index in [2.05, 4.69) is 52.0 Å². The molecule has 12 rings (SSSR count). The second-order valence-corrected chi connectivity index (χ2v) is 32.9. The average Bonchev–Trinajstić information content (AvgIpc) is 1.63. The number of nitrogens with zero attached hydrogens (tertiary/aromatic N) is 6. The second kappa shape index (κ2) is 38.0. The van der Waals surface area contributed by atoms with Gasteiger partial charge in [0.05, 0.1) is 41.1 Å². The van der Waals surface area contributed by atoms with Crippen molar-refractivity contribution in [2.24, 2.45) is 28.5 Å².